The minimum absolute atomic E-state index is 0.109. The van der Waals surface area contributed by atoms with Gasteiger partial charge in [0.2, 0.25) is 0 Å². The molecule has 0 aromatic carbocycles. The van der Waals surface area contributed by atoms with Gasteiger partial charge in [-0.05, 0) is 31.6 Å². The van der Waals surface area contributed by atoms with Crippen LogP contribution in [0.25, 0.3) is 0 Å². The number of hydrogen-bond donors (Lipinski definition) is 3. The van der Waals surface area contributed by atoms with Crippen LogP contribution in [-0.2, 0) is 65.4 Å². The fourth-order valence-corrected chi connectivity index (χ4v) is 14.9. The van der Waals surface area contributed by atoms with Crippen LogP contribution in [0.1, 0.15) is 458 Å². The molecular weight excluding hydrogens is 1350 g/mol. The molecule has 104 heavy (non-hydrogen) atoms. The van der Waals surface area contributed by atoms with Crippen LogP contribution in [-0.4, -0.2) is 96.7 Å². The van der Waals surface area contributed by atoms with Gasteiger partial charge in [-0.3, -0.25) is 37.3 Å². The first-order valence-electron chi connectivity index (χ1n) is 44.1. The van der Waals surface area contributed by atoms with Crippen molar-refractivity contribution in [1.29, 1.82) is 0 Å². The molecule has 19 heteroatoms. The molecule has 618 valence electrons. The molecule has 0 aliphatic heterocycles. The molecule has 0 aliphatic carbocycles. The molecule has 3 N–H and O–H groups in total. The van der Waals surface area contributed by atoms with E-state index in [2.05, 4.69) is 34.6 Å². The van der Waals surface area contributed by atoms with Crippen LogP contribution in [0, 0.1) is 5.92 Å². The van der Waals surface area contributed by atoms with Gasteiger partial charge in [0.15, 0.2) is 12.2 Å². The van der Waals surface area contributed by atoms with Crippen LogP contribution in [0.2, 0.25) is 0 Å². The Morgan fingerprint density at radius 3 is 0.654 bits per heavy atom. The largest absolute Gasteiger partial charge is 0.472 e. The Bertz CT molecular complexity index is 1980. The van der Waals surface area contributed by atoms with E-state index in [1.807, 2.05) is 0 Å². The first-order chi connectivity index (χ1) is 50.5. The molecule has 17 nitrogen and oxygen atoms in total. The standard InChI is InChI=1S/C85H166O17P2/c1-6-9-12-15-18-21-24-27-29-31-33-35-41-46-51-56-61-66-71-85(90)102-81(75-96-83(88)69-64-59-54-49-44-39-37-36-38-42-47-52-57-62-67-78(4)5)77-100-104(93,94)98-73-79(86)72-97-103(91,92)99-76-80(74-95-82(87)68-63-58-53-48-43-26-23-20-17-14-11-8-3)101-84(89)70-65-60-55-50-45-40-34-32-30-28-25-22-19-16-13-10-7-2/h78-81,86H,6-77H2,1-5H3,(H,91,92)(H,93,94)/t79-,80+,81+/m0/s1. The summed E-state index contributed by atoms with van der Waals surface area (Å²) in [6.07, 6.45) is 70.6. The first kappa shape index (κ1) is 102. The summed E-state index contributed by atoms with van der Waals surface area (Å²) in [6.45, 7) is 7.39. The number of ether oxygens (including phenoxy) is 4. The molecule has 0 aromatic heterocycles. The zero-order valence-corrected chi connectivity index (χ0v) is 70.0. The van der Waals surface area contributed by atoms with Crippen molar-refractivity contribution in [3.8, 4) is 0 Å². The molecule has 2 unspecified atom stereocenters. The Morgan fingerprint density at radius 2 is 0.442 bits per heavy atom. The highest BCUT2D eigenvalue weighted by atomic mass is 31.2. The lowest BCUT2D eigenvalue weighted by Crippen LogP contribution is -2.30. The van der Waals surface area contributed by atoms with Crippen molar-refractivity contribution in [3.05, 3.63) is 0 Å². The SMILES string of the molecule is CCCCCCCCCCCCCCCCCCCCC(=O)O[C@H](COC(=O)CCCCCCCCCCCCCCCCC(C)C)COP(=O)(O)OC[C@@H](O)COP(=O)(O)OC[C@@H](COC(=O)CCCCCCCCCCCCCC)OC(=O)CCCCCCCCCCCCCCCCCCC. The van der Waals surface area contributed by atoms with Gasteiger partial charge < -0.3 is 33.8 Å². The van der Waals surface area contributed by atoms with Gasteiger partial charge in [-0.2, -0.15) is 0 Å². The molecular formula is C85H166O17P2. The van der Waals surface area contributed by atoms with Crippen LogP contribution >= 0.6 is 15.6 Å². The molecule has 0 radical (unpaired) electrons. The summed E-state index contributed by atoms with van der Waals surface area (Å²) in [5.74, 6) is -1.30. The number of esters is 4. The van der Waals surface area contributed by atoms with Crippen molar-refractivity contribution < 1.29 is 80.2 Å². The van der Waals surface area contributed by atoms with Crippen LogP contribution in [0.5, 0.6) is 0 Å². The highest BCUT2D eigenvalue weighted by molar-refractivity contribution is 7.47. The molecule has 0 saturated carbocycles. The highest BCUT2D eigenvalue weighted by Gasteiger charge is 2.30. The second-order valence-electron chi connectivity index (χ2n) is 31.1. The average Bonchev–Trinajstić information content (AvgIpc) is 0.909. The first-order valence-corrected chi connectivity index (χ1v) is 47.1. The van der Waals surface area contributed by atoms with Crippen LogP contribution in [0.3, 0.4) is 0 Å². The second-order valence-corrected chi connectivity index (χ2v) is 34.0. The maximum absolute atomic E-state index is 13.1. The van der Waals surface area contributed by atoms with Gasteiger partial charge in [-0.1, -0.05) is 407 Å². The number of carbonyl (C=O) groups excluding carboxylic acids is 4. The third-order valence-corrected chi connectivity index (χ3v) is 21.9. The summed E-state index contributed by atoms with van der Waals surface area (Å²) in [4.78, 5) is 73.2. The Kier molecular flexibility index (Phi) is 76.3. The van der Waals surface area contributed by atoms with Crippen molar-refractivity contribution >= 4 is 39.5 Å². The molecule has 0 fully saturated rings. The predicted molar refractivity (Wildman–Crippen MR) is 428 cm³/mol. The molecule has 0 heterocycles. The van der Waals surface area contributed by atoms with E-state index in [1.165, 1.54) is 283 Å². The number of carbonyl (C=O) groups is 4. The van der Waals surface area contributed by atoms with Crippen molar-refractivity contribution in [2.45, 2.75) is 477 Å². The van der Waals surface area contributed by atoms with E-state index < -0.39 is 97.5 Å². The zero-order chi connectivity index (χ0) is 76.2. The molecule has 0 aromatic rings. The summed E-state index contributed by atoms with van der Waals surface area (Å²) in [6, 6.07) is 0. The van der Waals surface area contributed by atoms with Crippen molar-refractivity contribution in [2.24, 2.45) is 5.92 Å². The third kappa shape index (κ3) is 78.2. The minimum atomic E-state index is -4.96. The third-order valence-electron chi connectivity index (χ3n) is 20.0. The topological polar surface area (TPSA) is 237 Å². The Labute approximate surface area is 638 Å². The summed E-state index contributed by atoms with van der Waals surface area (Å²) in [5.41, 5.74) is 0. The van der Waals surface area contributed by atoms with Gasteiger partial charge in [0.25, 0.3) is 0 Å². The molecule has 0 amide bonds. The Balaban J connectivity index is 5.26. The quantitative estimate of drug-likeness (QED) is 0.0222. The monoisotopic (exact) mass is 1520 g/mol. The summed E-state index contributed by atoms with van der Waals surface area (Å²) >= 11 is 0. The number of phosphoric acid groups is 2. The van der Waals surface area contributed by atoms with Crippen molar-refractivity contribution in [2.75, 3.05) is 39.6 Å². The second kappa shape index (κ2) is 77.8. The van der Waals surface area contributed by atoms with Gasteiger partial charge in [-0.15, -0.1) is 0 Å². The normalized spacial score (nSPS) is 13.8. The molecule has 0 aliphatic rings. The number of hydrogen-bond acceptors (Lipinski definition) is 15. The minimum Gasteiger partial charge on any atom is -0.462 e. The van der Waals surface area contributed by atoms with Crippen molar-refractivity contribution in [3.63, 3.8) is 0 Å². The van der Waals surface area contributed by atoms with E-state index in [9.17, 15) is 43.2 Å². The van der Waals surface area contributed by atoms with Gasteiger partial charge in [0.1, 0.15) is 19.3 Å². The van der Waals surface area contributed by atoms with Gasteiger partial charge in [0.05, 0.1) is 26.4 Å². The maximum atomic E-state index is 13.1. The van der Waals surface area contributed by atoms with Crippen LogP contribution in [0.15, 0.2) is 0 Å². The molecule has 0 bridgehead atoms. The van der Waals surface area contributed by atoms with Crippen LogP contribution in [0.4, 0.5) is 0 Å². The van der Waals surface area contributed by atoms with Crippen molar-refractivity contribution in [1.82, 2.24) is 0 Å². The van der Waals surface area contributed by atoms with Gasteiger partial charge in [0, 0.05) is 25.7 Å². The smallest absolute Gasteiger partial charge is 0.462 e. The van der Waals surface area contributed by atoms with E-state index in [-0.39, 0.29) is 25.7 Å². The van der Waals surface area contributed by atoms with Gasteiger partial charge in [-0.25, -0.2) is 9.13 Å². The highest BCUT2D eigenvalue weighted by Crippen LogP contribution is 2.45. The van der Waals surface area contributed by atoms with E-state index in [1.54, 1.807) is 0 Å². The van der Waals surface area contributed by atoms with E-state index in [0.717, 1.165) is 95.8 Å². The van der Waals surface area contributed by atoms with E-state index in [0.29, 0.717) is 25.7 Å². The lowest BCUT2D eigenvalue weighted by Gasteiger charge is -2.21. The predicted octanol–water partition coefficient (Wildman–Crippen LogP) is 26.0. The lowest BCUT2D eigenvalue weighted by molar-refractivity contribution is -0.161. The van der Waals surface area contributed by atoms with E-state index >= 15 is 0 Å². The van der Waals surface area contributed by atoms with Gasteiger partial charge >= 0.3 is 39.5 Å². The number of phosphoric ester groups is 2. The zero-order valence-electron chi connectivity index (χ0n) is 68.2. The molecule has 0 rings (SSSR count). The Hall–Kier alpha value is -1.94. The number of aliphatic hydroxyl groups is 1. The fraction of sp³-hybridized carbons (Fsp3) is 0.953. The number of rotatable bonds is 85. The summed E-state index contributed by atoms with van der Waals surface area (Å²) in [7, 11) is -9.93. The van der Waals surface area contributed by atoms with E-state index in [4.69, 9.17) is 37.0 Å². The summed E-state index contributed by atoms with van der Waals surface area (Å²) in [5, 5.41) is 10.7. The lowest BCUT2D eigenvalue weighted by atomic mass is 10.0. The Morgan fingerprint density at radius 1 is 0.260 bits per heavy atom. The number of unbranched alkanes of at least 4 members (excludes halogenated alkanes) is 57. The molecule has 0 spiro atoms. The number of aliphatic hydroxyl groups excluding tert-OH is 1. The fourth-order valence-electron chi connectivity index (χ4n) is 13.3. The van der Waals surface area contributed by atoms with Crippen LogP contribution < -0.4 is 0 Å². The summed E-state index contributed by atoms with van der Waals surface area (Å²) < 4.78 is 68.9. The molecule has 0 saturated heterocycles. The maximum Gasteiger partial charge on any atom is 0.472 e. The average molecular weight is 1520 g/mol. The molecule has 5 atom stereocenters.